The van der Waals surface area contributed by atoms with Crippen molar-refractivity contribution in [3.63, 3.8) is 0 Å². The van der Waals surface area contributed by atoms with Gasteiger partial charge in [-0.05, 0) is 25.1 Å². The van der Waals surface area contributed by atoms with Gasteiger partial charge in [-0.2, -0.15) is 0 Å². The molecule has 0 saturated heterocycles. The topological polar surface area (TPSA) is 46.2 Å². The van der Waals surface area contributed by atoms with Crippen molar-refractivity contribution in [3.8, 4) is 0 Å². The molecule has 0 aliphatic carbocycles. The van der Waals surface area contributed by atoms with Crippen LogP contribution in [-0.4, -0.2) is 14.7 Å². The monoisotopic (exact) mass is 293 g/mol. The second-order valence-corrected chi connectivity index (χ2v) is 6.70. The summed E-state index contributed by atoms with van der Waals surface area (Å²) in [5, 5.41) is 2.98. The van der Waals surface area contributed by atoms with Crippen molar-refractivity contribution in [1.29, 1.82) is 0 Å². The van der Waals surface area contributed by atoms with Crippen LogP contribution in [0.15, 0.2) is 47.4 Å². The molecule has 0 heterocycles. The smallest absolute Gasteiger partial charge is 0.177 e. The van der Waals surface area contributed by atoms with Crippen LogP contribution in [-0.2, 0) is 16.4 Å². The van der Waals surface area contributed by atoms with Gasteiger partial charge in [0.1, 0.15) is 5.82 Å². The molecular formula is C15H16FNO2S. The zero-order valence-corrected chi connectivity index (χ0v) is 12.2. The summed E-state index contributed by atoms with van der Waals surface area (Å²) in [5.74, 6) is -0.306. The molecule has 2 aromatic rings. The third-order valence-electron chi connectivity index (χ3n) is 2.96. The van der Waals surface area contributed by atoms with E-state index in [1.165, 1.54) is 12.1 Å². The van der Waals surface area contributed by atoms with Crippen LogP contribution in [0.4, 0.5) is 10.1 Å². The van der Waals surface area contributed by atoms with Crippen LogP contribution in [0.25, 0.3) is 0 Å². The average molecular weight is 293 g/mol. The molecule has 0 saturated carbocycles. The first-order valence-electron chi connectivity index (χ1n) is 6.16. The molecule has 0 spiro atoms. The van der Waals surface area contributed by atoms with Crippen LogP contribution in [0, 0.1) is 12.7 Å². The van der Waals surface area contributed by atoms with Gasteiger partial charge < -0.3 is 5.32 Å². The minimum Gasteiger partial charge on any atom is -0.380 e. The van der Waals surface area contributed by atoms with Gasteiger partial charge in [0.25, 0.3) is 0 Å². The van der Waals surface area contributed by atoms with E-state index in [0.717, 1.165) is 11.8 Å². The van der Waals surface area contributed by atoms with E-state index in [2.05, 4.69) is 5.32 Å². The Morgan fingerprint density at radius 3 is 2.55 bits per heavy atom. The van der Waals surface area contributed by atoms with E-state index < -0.39 is 9.84 Å². The maximum absolute atomic E-state index is 13.6. The van der Waals surface area contributed by atoms with Crippen LogP contribution < -0.4 is 5.32 Å². The molecule has 0 unspecified atom stereocenters. The zero-order valence-electron chi connectivity index (χ0n) is 11.4. The first-order chi connectivity index (χ1) is 9.38. The van der Waals surface area contributed by atoms with Gasteiger partial charge in [0.15, 0.2) is 9.84 Å². The number of anilines is 1. The predicted molar refractivity (Wildman–Crippen MR) is 78.0 cm³/mol. The summed E-state index contributed by atoms with van der Waals surface area (Å²) >= 11 is 0. The fourth-order valence-electron chi connectivity index (χ4n) is 1.97. The highest BCUT2D eigenvalue weighted by atomic mass is 32.2. The van der Waals surface area contributed by atoms with Gasteiger partial charge in [-0.15, -0.1) is 0 Å². The lowest BCUT2D eigenvalue weighted by atomic mass is 10.1. The van der Waals surface area contributed by atoms with E-state index in [-0.39, 0.29) is 17.3 Å². The van der Waals surface area contributed by atoms with Crippen molar-refractivity contribution in [1.82, 2.24) is 0 Å². The maximum Gasteiger partial charge on any atom is 0.177 e. The van der Waals surface area contributed by atoms with Crippen molar-refractivity contribution in [3.05, 3.63) is 59.4 Å². The van der Waals surface area contributed by atoms with Crippen molar-refractivity contribution in [2.24, 2.45) is 0 Å². The number of rotatable bonds is 4. The number of aryl methyl sites for hydroxylation is 1. The van der Waals surface area contributed by atoms with Crippen molar-refractivity contribution in [2.45, 2.75) is 18.4 Å². The standard InChI is InChI=1S/C15H16FNO2S/c1-11-7-8-13(16)12(9-11)10-17-14-5-3-4-6-15(14)20(2,18)19/h3-9,17H,10H2,1-2H3. The summed E-state index contributed by atoms with van der Waals surface area (Å²) < 4.78 is 37.0. The Morgan fingerprint density at radius 1 is 1.15 bits per heavy atom. The molecule has 106 valence electrons. The van der Waals surface area contributed by atoms with E-state index in [9.17, 15) is 12.8 Å². The summed E-state index contributed by atoms with van der Waals surface area (Å²) in [5.41, 5.74) is 1.95. The Kier molecular flexibility index (Phi) is 4.09. The Labute approximate surface area is 118 Å². The quantitative estimate of drug-likeness (QED) is 0.942. The van der Waals surface area contributed by atoms with Crippen LogP contribution in [0.5, 0.6) is 0 Å². The summed E-state index contributed by atoms with van der Waals surface area (Å²) in [4.78, 5) is 0.216. The van der Waals surface area contributed by atoms with Gasteiger partial charge in [0, 0.05) is 18.4 Å². The highest BCUT2D eigenvalue weighted by molar-refractivity contribution is 7.90. The molecule has 0 aromatic heterocycles. The number of sulfone groups is 1. The van der Waals surface area contributed by atoms with E-state index in [1.807, 2.05) is 6.92 Å². The van der Waals surface area contributed by atoms with Crippen molar-refractivity contribution < 1.29 is 12.8 Å². The molecule has 0 aliphatic rings. The number of benzene rings is 2. The van der Waals surface area contributed by atoms with Gasteiger partial charge >= 0.3 is 0 Å². The lowest BCUT2D eigenvalue weighted by Gasteiger charge is -2.11. The molecule has 0 atom stereocenters. The summed E-state index contributed by atoms with van der Waals surface area (Å²) in [6.45, 7) is 2.12. The van der Waals surface area contributed by atoms with E-state index in [1.54, 1.807) is 30.3 Å². The van der Waals surface area contributed by atoms with Gasteiger partial charge in [0.2, 0.25) is 0 Å². The number of hydrogen-bond acceptors (Lipinski definition) is 3. The molecule has 2 rings (SSSR count). The Morgan fingerprint density at radius 2 is 1.85 bits per heavy atom. The molecular weight excluding hydrogens is 277 g/mol. The van der Waals surface area contributed by atoms with Crippen LogP contribution in [0.3, 0.4) is 0 Å². The highest BCUT2D eigenvalue weighted by Gasteiger charge is 2.12. The van der Waals surface area contributed by atoms with E-state index in [4.69, 9.17) is 0 Å². The van der Waals surface area contributed by atoms with Gasteiger partial charge in [-0.25, -0.2) is 12.8 Å². The maximum atomic E-state index is 13.6. The fraction of sp³-hybridized carbons (Fsp3) is 0.200. The summed E-state index contributed by atoms with van der Waals surface area (Å²) in [7, 11) is -3.31. The summed E-state index contributed by atoms with van der Waals surface area (Å²) in [6.07, 6.45) is 1.15. The Hall–Kier alpha value is -1.88. The fourth-order valence-corrected chi connectivity index (χ4v) is 2.83. The Bertz CT molecular complexity index is 726. The molecule has 2 aromatic carbocycles. The lowest BCUT2D eigenvalue weighted by Crippen LogP contribution is -2.07. The third-order valence-corrected chi connectivity index (χ3v) is 4.11. The molecule has 20 heavy (non-hydrogen) atoms. The van der Waals surface area contributed by atoms with Gasteiger partial charge in [0.05, 0.1) is 10.6 Å². The van der Waals surface area contributed by atoms with E-state index in [0.29, 0.717) is 11.3 Å². The SMILES string of the molecule is Cc1ccc(F)c(CNc2ccccc2S(C)(=O)=O)c1. The predicted octanol–water partition coefficient (Wildman–Crippen LogP) is 3.15. The average Bonchev–Trinajstić information content (AvgIpc) is 2.39. The first-order valence-corrected chi connectivity index (χ1v) is 8.05. The molecule has 1 N–H and O–H groups in total. The van der Waals surface area contributed by atoms with Crippen molar-refractivity contribution >= 4 is 15.5 Å². The highest BCUT2D eigenvalue weighted by Crippen LogP contribution is 2.21. The normalized spacial score (nSPS) is 11.3. The Balaban J connectivity index is 2.26. The zero-order chi connectivity index (χ0) is 14.8. The van der Waals surface area contributed by atoms with Crippen molar-refractivity contribution in [2.75, 3.05) is 11.6 Å². The minimum absolute atomic E-state index is 0.216. The molecule has 0 amide bonds. The first kappa shape index (κ1) is 14.5. The number of halogens is 1. The molecule has 0 aliphatic heterocycles. The number of para-hydroxylation sites is 1. The molecule has 3 nitrogen and oxygen atoms in total. The van der Waals surface area contributed by atoms with E-state index >= 15 is 0 Å². The summed E-state index contributed by atoms with van der Waals surface area (Å²) in [6, 6.07) is 11.5. The lowest BCUT2D eigenvalue weighted by molar-refractivity contribution is 0.602. The molecule has 0 fully saturated rings. The van der Waals surface area contributed by atoms with Gasteiger partial charge in [-0.3, -0.25) is 0 Å². The number of hydrogen-bond donors (Lipinski definition) is 1. The second-order valence-electron chi connectivity index (χ2n) is 4.72. The largest absolute Gasteiger partial charge is 0.380 e. The molecule has 0 radical (unpaired) electrons. The van der Waals surface area contributed by atoms with Crippen LogP contribution in [0.2, 0.25) is 0 Å². The van der Waals surface area contributed by atoms with Crippen LogP contribution in [0.1, 0.15) is 11.1 Å². The van der Waals surface area contributed by atoms with Crippen LogP contribution >= 0.6 is 0 Å². The van der Waals surface area contributed by atoms with Gasteiger partial charge in [-0.1, -0.05) is 29.8 Å². The second kappa shape index (κ2) is 5.63. The molecule has 5 heteroatoms. The molecule has 0 bridgehead atoms. The third kappa shape index (κ3) is 3.36. The number of nitrogens with one attached hydrogen (secondary N) is 1. The minimum atomic E-state index is -3.31.